The Kier molecular flexibility index (Phi) is 8.00. The molecule has 8 atom stereocenters. The summed E-state index contributed by atoms with van der Waals surface area (Å²) in [5.74, 6) is 1.48. The summed E-state index contributed by atoms with van der Waals surface area (Å²) >= 11 is 0. The van der Waals surface area contributed by atoms with Crippen molar-refractivity contribution in [2.45, 2.75) is 145 Å². The fourth-order valence-electron chi connectivity index (χ4n) is 13.0. The van der Waals surface area contributed by atoms with E-state index in [1.54, 1.807) is 4.90 Å². The van der Waals surface area contributed by atoms with Gasteiger partial charge in [0.2, 0.25) is 11.8 Å². The van der Waals surface area contributed by atoms with E-state index in [9.17, 15) is 19.2 Å². The minimum atomic E-state index is -1.09. The number of ether oxygens (including phenoxy) is 1. The van der Waals surface area contributed by atoms with Crippen molar-refractivity contribution in [1.29, 1.82) is 0 Å². The van der Waals surface area contributed by atoms with Crippen molar-refractivity contribution in [1.82, 2.24) is 10.2 Å². The van der Waals surface area contributed by atoms with E-state index in [2.05, 4.69) is 60.7 Å². The van der Waals surface area contributed by atoms with Crippen molar-refractivity contribution in [3.05, 3.63) is 11.1 Å². The van der Waals surface area contributed by atoms with Crippen LogP contribution in [0, 0.1) is 50.7 Å². The van der Waals surface area contributed by atoms with E-state index in [1.807, 2.05) is 0 Å². The summed E-state index contributed by atoms with van der Waals surface area (Å²) in [6.45, 7) is 21.5. The third kappa shape index (κ3) is 4.62. The number of carbonyl (C=O) groups is 4. The fourth-order valence-corrected chi connectivity index (χ4v) is 13.0. The number of likely N-dealkylation sites (tertiary alicyclic amines) is 1. The monoisotopic (exact) mass is 636 g/mol. The van der Waals surface area contributed by atoms with Crippen molar-refractivity contribution in [3.8, 4) is 0 Å². The first kappa shape index (κ1) is 33.7. The Morgan fingerprint density at radius 2 is 1.63 bits per heavy atom. The smallest absolute Gasteiger partial charge is 0.304 e. The predicted molar refractivity (Wildman–Crippen MR) is 178 cm³/mol. The summed E-state index contributed by atoms with van der Waals surface area (Å²) in [6, 6.07) is 0. The van der Waals surface area contributed by atoms with Crippen LogP contribution in [0.1, 0.15) is 139 Å². The molecule has 5 aliphatic carbocycles. The number of nitrogens with zero attached hydrogens (tertiary/aromatic N) is 1. The summed E-state index contributed by atoms with van der Waals surface area (Å²) in [6.07, 6.45) is 10.4. The number of ketones is 1. The Balaban J connectivity index is 1.30. The second-order valence-corrected chi connectivity index (χ2v) is 18.2. The summed E-state index contributed by atoms with van der Waals surface area (Å²) < 4.78 is 6.23. The van der Waals surface area contributed by atoms with Crippen LogP contribution in [-0.2, 0) is 23.9 Å². The van der Waals surface area contributed by atoms with Gasteiger partial charge in [0.15, 0.2) is 11.5 Å². The number of carbonyl (C=O) groups excluding carboxylic acids is 4. The molecule has 0 bridgehead atoms. The van der Waals surface area contributed by atoms with E-state index >= 15 is 0 Å². The molecule has 46 heavy (non-hydrogen) atoms. The van der Waals surface area contributed by atoms with Gasteiger partial charge in [0.05, 0.1) is 0 Å². The standard InChI is InChI=1S/C39H60N2O5/c1-24(2)32-27(43)23-35(6)17-19-37(8)26(33(32)35)12-13-29-36(7)18-20-39(46-25(3)42,34(4,5)28(36)14-16-38(29,37)9)40-30(44)15-22-41-21-10-11-31(41)45/h24,26,28-29H,10-23H2,1-9H3,(H,40,44)/t26-,28+,29-,35+,36+,37-,38-,39+/m1/s1. The number of hydrogen-bond acceptors (Lipinski definition) is 5. The Bertz CT molecular complexity index is 1370. The van der Waals surface area contributed by atoms with Gasteiger partial charge in [0, 0.05) is 51.1 Å². The lowest BCUT2D eigenvalue weighted by Crippen LogP contribution is -2.72. The lowest BCUT2D eigenvalue weighted by Gasteiger charge is -2.73. The largest absolute Gasteiger partial charge is 0.439 e. The summed E-state index contributed by atoms with van der Waals surface area (Å²) in [5.41, 5.74) is 1.40. The first-order chi connectivity index (χ1) is 21.4. The van der Waals surface area contributed by atoms with Crippen LogP contribution in [0.5, 0.6) is 0 Å². The van der Waals surface area contributed by atoms with E-state index in [0.717, 1.165) is 50.5 Å². The van der Waals surface area contributed by atoms with Crippen molar-refractivity contribution >= 4 is 23.6 Å². The van der Waals surface area contributed by atoms with Crippen molar-refractivity contribution < 1.29 is 23.9 Å². The number of esters is 1. The van der Waals surface area contributed by atoms with Gasteiger partial charge in [0.25, 0.3) is 0 Å². The normalized spacial score (nSPS) is 43.2. The topological polar surface area (TPSA) is 92.8 Å². The van der Waals surface area contributed by atoms with Crippen LogP contribution in [0.25, 0.3) is 0 Å². The van der Waals surface area contributed by atoms with E-state index in [4.69, 9.17) is 4.74 Å². The minimum absolute atomic E-state index is 0.0158. The van der Waals surface area contributed by atoms with Crippen LogP contribution < -0.4 is 5.32 Å². The summed E-state index contributed by atoms with van der Waals surface area (Å²) in [5, 5.41) is 3.27. The fraction of sp³-hybridized carbons (Fsp3) is 0.846. The lowest BCUT2D eigenvalue weighted by atomic mass is 9.32. The number of hydrogen-bond donors (Lipinski definition) is 1. The van der Waals surface area contributed by atoms with Crippen LogP contribution >= 0.6 is 0 Å². The quantitative estimate of drug-likeness (QED) is 0.243. The Morgan fingerprint density at radius 1 is 0.913 bits per heavy atom. The number of amides is 2. The maximum atomic E-state index is 13.5. The number of Topliss-reactive ketones (excluding diaryl/α,β-unsaturated/α-hetero) is 1. The molecule has 0 aromatic heterocycles. The van der Waals surface area contributed by atoms with Gasteiger partial charge in [-0.1, -0.05) is 61.0 Å². The molecule has 6 rings (SSSR count). The molecule has 4 saturated carbocycles. The van der Waals surface area contributed by atoms with E-state index < -0.39 is 11.1 Å². The van der Waals surface area contributed by atoms with E-state index in [1.165, 1.54) is 18.9 Å². The first-order valence-corrected chi connectivity index (χ1v) is 18.4. The molecule has 6 aliphatic rings. The molecule has 7 nitrogen and oxygen atoms in total. The molecule has 0 aromatic rings. The number of nitrogens with one attached hydrogen (secondary N) is 1. The summed E-state index contributed by atoms with van der Waals surface area (Å²) in [4.78, 5) is 53.6. The van der Waals surface area contributed by atoms with Crippen LogP contribution in [0.15, 0.2) is 11.1 Å². The van der Waals surface area contributed by atoms with Crippen LogP contribution in [-0.4, -0.2) is 47.3 Å². The molecule has 1 heterocycles. The van der Waals surface area contributed by atoms with Crippen molar-refractivity contribution in [2.75, 3.05) is 13.1 Å². The van der Waals surface area contributed by atoms with Gasteiger partial charge >= 0.3 is 5.97 Å². The minimum Gasteiger partial charge on any atom is -0.439 e. The molecule has 0 spiro atoms. The molecule has 0 unspecified atom stereocenters. The van der Waals surface area contributed by atoms with Crippen LogP contribution in [0.4, 0.5) is 0 Å². The number of allylic oxidation sites excluding steroid dienone is 2. The second-order valence-electron chi connectivity index (χ2n) is 18.2. The first-order valence-electron chi connectivity index (χ1n) is 18.4. The maximum Gasteiger partial charge on any atom is 0.304 e. The molecule has 2 amide bonds. The highest BCUT2D eigenvalue weighted by Gasteiger charge is 2.72. The molecule has 5 fully saturated rings. The van der Waals surface area contributed by atoms with E-state index in [0.29, 0.717) is 50.0 Å². The van der Waals surface area contributed by atoms with Crippen LogP contribution in [0.2, 0.25) is 0 Å². The zero-order valence-corrected chi connectivity index (χ0v) is 30.2. The third-order valence-corrected chi connectivity index (χ3v) is 15.4. The zero-order valence-electron chi connectivity index (χ0n) is 30.2. The van der Waals surface area contributed by atoms with Gasteiger partial charge in [-0.15, -0.1) is 0 Å². The molecule has 7 heteroatoms. The highest BCUT2D eigenvalue weighted by Crippen LogP contribution is 2.77. The molecule has 256 valence electrons. The van der Waals surface area contributed by atoms with Crippen LogP contribution in [0.3, 0.4) is 0 Å². The average molecular weight is 637 g/mol. The van der Waals surface area contributed by atoms with Gasteiger partial charge in [-0.25, -0.2) is 0 Å². The average Bonchev–Trinajstić information content (AvgIpc) is 3.48. The predicted octanol–water partition coefficient (Wildman–Crippen LogP) is 7.38. The molecular formula is C39H60N2O5. The molecule has 1 saturated heterocycles. The second kappa shape index (κ2) is 10.9. The Hall–Kier alpha value is -2.18. The molecule has 1 aliphatic heterocycles. The van der Waals surface area contributed by atoms with Gasteiger partial charge in [-0.3, -0.25) is 19.2 Å². The molecular weight excluding hydrogens is 576 g/mol. The third-order valence-electron chi connectivity index (χ3n) is 15.4. The highest BCUT2D eigenvalue weighted by molar-refractivity contribution is 6.00. The molecule has 0 radical (unpaired) electrons. The molecule has 1 N–H and O–H groups in total. The van der Waals surface area contributed by atoms with Gasteiger partial charge < -0.3 is 15.0 Å². The highest BCUT2D eigenvalue weighted by atomic mass is 16.6. The zero-order chi connectivity index (χ0) is 33.7. The van der Waals surface area contributed by atoms with Gasteiger partial charge in [0.1, 0.15) is 0 Å². The number of fused-ring (bicyclic) bond motifs is 7. The SMILES string of the molecule is CC(=O)O[C@@]1(NC(=O)CCN2CCCC2=O)CC[C@]2(C)[C@H]3CC[C@@H]4C5=C(C(C)C)C(=O)C[C@]5(C)CC[C@@]4(C)[C@]3(C)CC[C@H]2C1(C)C. The van der Waals surface area contributed by atoms with Crippen molar-refractivity contribution in [3.63, 3.8) is 0 Å². The van der Waals surface area contributed by atoms with Gasteiger partial charge in [-0.2, -0.15) is 0 Å². The lowest BCUT2D eigenvalue weighted by molar-refractivity contribution is -0.264. The van der Waals surface area contributed by atoms with Gasteiger partial charge in [-0.05, 0) is 102 Å². The van der Waals surface area contributed by atoms with Crippen molar-refractivity contribution in [2.24, 2.45) is 50.7 Å². The maximum absolute atomic E-state index is 13.5. The Labute approximate surface area is 277 Å². The van der Waals surface area contributed by atoms with E-state index in [-0.39, 0.29) is 57.7 Å². The molecule has 0 aromatic carbocycles. The summed E-state index contributed by atoms with van der Waals surface area (Å²) in [7, 11) is 0. The Morgan fingerprint density at radius 3 is 2.26 bits per heavy atom. The number of rotatable bonds is 6.